The topological polar surface area (TPSA) is 77.2 Å². The Balaban J connectivity index is 2.14. The zero-order valence-electron chi connectivity index (χ0n) is 11.0. The summed E-state index contributed by atoms with van der Waals surface area (Å²) in [5.41, 5.74) is 0.205. The number of aromatic nitrogens is 2. The zero-order valence-corrected chi connectivity index (χ0v) is 11.0. The van der Waals surface area contributed by atoms with Crippen molar-refractivity contribution in [3.63, 3.8) is 0 Å². The predicted octanol–water partition coefficient (Wildman–Crippen LogP) is 2.50. The van der Waals surface area contributed by atoms with Crippen LogP contribution in [0.5, 0.6) is 5.88 Å². The average molecular weight is 261 g/mol. The second kappa shape index (κ2) is 5.09. The fourth-order valence-corrected chi connectivity index (χ4v) is 1.39. The molecule has 1 aromatic heterocycles. The summed E-state index contributed by atoms with van der Waals surface area (Å²) in [5.74, 6) is -0.340. The van der Waals surface area contributed by atoms with Gasteiger partial charge >= 0.3 is 0 Å². The molecule has 2 aromatic rings. The molecule has 0 saturated heterocycles. The Kier molecular flexibility index (Phi) is 3.50. The van der Waals surface area contributed by atoms with E-state index < -0.39 is 11.5 Å². The van der Waals surface area contributed by atoms with Crippen molar-refractivity contribution in [2.45, 2.75) is 26.4 Å². The number of carbonyl (C=O) groups is 1. The van der Waals surface area contributed by atoms with E-state index in [9.17, 15) is 4.79 Å². The number of rotatable bonds is 3. The Hall–Kier alpha value is -2.37. The van der Waals surface area contributed by atoms with E-state index in [4.69, 9.17) is 4.74 Å². The van der Waals surface area contributed by atoms with E-state index in [-0.39, 0.29) is 11.6 Å². The highest BCUT2D eigenvalue weighted by molar-refractivity contribution is 6.04. The van der Waals surface area contributed by atoms with Crippen molar-refractivity contribution in [1.29, 1.82) is 0 Å². The minimum atomic E-state index is -0.486. The molecule has 100 valence electrons. The molecule has 0 aliphatic heterocycles. The Morgan fingerprint density at radius 1 is 1.21 bits per heavy atom. The Morgan fingerprint density at radius 2 is 1.89 bits per heavy atom. The molecule has 19 heavy (non-hydrogen) atoms. The third kappa shape index (κ3) is 3.54. The van der Waals surface area contributed by atoms with E-state index >= 15 is 0 Å². The number of benzene rings is 1. The summed E-state index contributed by atoms with van der Waals surface area (Å²) in [6.07, 6.45) is 0. The standard InChI is InChI=1S/C13H15N3O3/c1-13(2,3)18-12-10(15-19-16-12)11(17)14-9-7-5-4-6-8-9/h4-8H,1-3H3,(H,14,17). The number of ether oxygens (including phenoxy) is 1. The predicted molar refractivity (Wildman–Crippen MR) is 69.1 cm³/mol. The smallest absolute Gasteiger partial charge is 0.289 e. The monoisotopic (exact) mass is 261 g/mol. The van der Waals surface area contributed by atoms with Crippen LogP contribution in [-0.2, 0) is 0 Å². The lowest BCUT2D eigenvalue weighted by Gasteiger charge is -2.18. The number of para-hydroxylation sites is 1. The summed E-state index contributed by atoms with van der Waals surface area (Å²) in [7, 11) is 0. The van der Waals surface area contributed by atoms with Crippen LogP contribution in [0, 0.1) is 0 Å². The van der Waals surface area contributed by atoms with Crippen molar-refractivity contribution in [2.24, 2.45) is 0 Å². The Labute approximate surface area is 110 Å². The molecule has 6 nitrogen and oxygen atoms in total. The van der Waals surface area contributed by atoms with Crippen LogP contribution in [-0.4, -0.2) is 21.8 Å². The molecule has 0 radical (unpaired) electrons. The van der Waals surface area contributed by atoms with E-state index in [1.807, 2.05) is 39.0 Å². The average Bonchev–Trinajstić information content (AvgIpc) is 2.76. The van der Waals surface area contributed by atoms with Gasteiger partial charge in [0.25, 0.3) is 11.8 Å². The summed E-state index contributed by atoms with van der Waals surface area (Å²) in [6, 6.07) is 9.05. The first-order valence-electron chi connectivity index (χ1n) is 5.84. The molecule has 1 amide bonds. The van der Waals surface area contributed by atoms with Crippen LogP contribution >= 0.6 is 0 Å². The van der Waals surface area contributed by atoms with Gasteiger partial charge in [0.1, 0.15) is 5.60 Å². The zero-order chi connectivity index (χ0) is 13.9. The summed E-state index contributed by atoms with van der Waals surface area (Å²) in [4.78, 5) is 12.0. The molecular formula is C13H15N3O3. The molecular weight excluding hydrogens is 246 g/mol. The van der Waals surface area contributed by atoms with E-state index in [2.05, 4.69) is 20.3 Å². The minimum Gasteiger partial charge on any atom is -0.468 e. The second-order valence-electron chi connectivity index (χ2n) is 4.95. The van der Waals surface area contributed by atoms with Crippen molar-refractivity contribution >= 4 is 11.6 Å². The lowest BCUT2D eigenvalue weighted by atomic mass is 10.2. The normalized spacial score (nSPS) is 11.1. The molecule has 2 rings (SSSR count). The van der Waals surface area contributed by atoms with Gasteiger partial charge in [0.2, 0.25) is 5.69 Å². The van der Waals surface area contributed by atoms with Gasteiger partial charge < -0.3 is 10.1 Å². The number of hydrogen-bond donors (Lipinski definition) is 1. The molecule has 0 spiro atoms. The third-order valence-corrected chi connectivity index (χ3v) is 2.11. The van der Waals surface area contributed by atoms with Gasteiger partial charge in [-0.25, -0.2) is 4.63 Å². The highest BCUT2D eigenvalue weighted by Crippen LogP contribution is 2.20. The Bertz CT molecular complexity index is 558. The summed E-state index contributed by atoms with van der Waals surface area (Å²) in [6.45, 7) is 5.54. The fraction of sp³-hybridized carbons (Fsp3) is 0.308. The maximum atomic E-state index is 12.0. The first-order chi connectivity index (χ1) is 8.96. The lowest BCUT2D eigenvalue weighted by Crippen LogP contribution is -2.25. The number of nitrogens with one attached hydrogen (secondary N) is 1. The second-order valence-corrected chi connectivity index (χ2v) is 4.95. The maximum absolute atomic E-state index is 12.0. The highest BCUT2D eigenvalue weighted by Gasteiger charge is 2.24. The molecule has 0 atom stereocenters. The maximum Gasteiger partial charge on any atom is 0.289 e. The van der Waals surface area contributed by atoms with Crippen molar-refractivity contribution in [1.82, 2.24) is 10.3 Å². The SMILES string of the molecule is CC(C)(C)Oc1nonc1C(=O)Nc1ccccc1. The van der Waals surface area contributed by atoms with Crippen LogP contribution in [0.25, 0.3) is 0 Å². The van der Waals surface area contributed by atoms with Gasteiger partial charge in [-0.3, -0.25) is 4.79 Å². The van der Waals surface area contributed by atoms with E-state index in [0.29, 0.717) is 5.69 Å². The lowest BCUT2D eigenvalue weighted by molar-refractivity contribution is 0.0988. The molecule has 0 aliphatic carbocycles. The Morgan fingerprint density at radius 3 is 2.53 bits per heavy atom. The first kappa shape index (κ1) is 13.1. The molecule has 6 heteroatoms. The van der Waals surface area contributed by atoms with E-state index in [1.165, 1.54) is 0 Å². The van der Waals surface area contributed by atoms with Gasteiger partial charge in [-0.1, -0.05) is 18.2 Å². The molecule has 1 aromatic carbocycles. The molecule has 0 saturated carbocycles. The van der Waals surface area contributed by atoms with Crippen LogP contribution in [0.2, 0.25) is 0 Å². The van der Waals surface area contributed by atoms with Crippen molar-refractivity contribution in [3.8, 4) is 5.88 Å². The van der Waals surface area contributed by atoms with Crippen LogP contribution in [0.1, 0.15) is 31.3 Å². The molecule has 0 bridgehead atoms. The number of carbonyl (C=O) groups excluding carboxylic acids is 1. The quantitative estimate of drug-likeness (QED) is 0.918. The van der Waals surface area contributed by atoms with Crippen molar-refractivity contribution in [3.05, 3.63) is 36.0 Å². The van der Waals surface area contributed by atoms with Crippen LogP contribution in [0.4, 0.5) is 5.69 Å². The molecule has 0 aliphatic rings. The van der Waals surface area contributed by atoms with Crippen LogP contribution in [0.15, 0.2) is 35.0 Å². The van der Waals surface area contributed by atoms with Crippen molar-refractivity contribution < 1.29 is 14.2 Å². The van der Waals surface area contributed by atoms with Gasteiger partial charge in [-0.15, -0.1) is 0 Å². The highest BCUT2D eigenvalue weighted by atomic mass is 16.6. The fourth-order valence-electron chi connectivity index (χ4n) is 1.39. The number of anilines is 1. The van der Waals surface area contributed by atoms with E-state index in [0.717, 1.165) is 0 Å². The third-order valence-electron chi connectivity index (χ3n) is 2.11. The number of nitrogens with zero attached hydrogens (tertiary/aromatic N) is 2. The van der Waals surface area contributed by atoms with Gasteiger partial charge in [0.05, 0.1) is 0 Å². The molecule has 0 unspecified atom stereocenters. The van der Waals surface area contributed by atoms with Gasteiger partial charge in [0.15, 0.2) is 0 Å². The largest absolute Gasteiger partial charge is 0.468 e. The summed E-state index contributed by atoms with van der Waals surface area (Å²) < 4.78 is 10.1. The van der Waals surface area contributed by atoms with E-state index in [1.54, 1.807) is 12.1 Å². The molecule has 1 heterocycles. The van der Waals surface area contributed by atoms with Crippen molar-refractivity contribution in [2.75, 3.05) is 5.32 Å². The minimum absolute atomic E-state index is 0.0266. The summed E-state index contributed by atoms with van der Waals surface area (Å²) >= 11 is 0. The molecule has 1 N–H and O–H groups in total. The number of hydrogen-bond acceptors (Lipinski definition) is 5. The van der Waals surface area contributed by atoms with Gasteiger partial charge in [0, 0.05) is 5.69 Å². The van der Waals surface area contributed by atoms with Gasteiger partial charge in [-0.05, 0) is 43.2 Å². The van der Waals surface area contributed by atoms with Gasteiger partial charge in [-0.2, -0.15) is 0 Å². The van der Waals surface area contributed by atoms with Crippen LogP contribution < -0.4 is 10.1 Å². The number of amides is 1. The van der Waals surface area contributed by atoms with Crippen LogP contribution in [0.3, 0.4) is 0 Å². The molecule has 0 fully saturated rings. The summed E-state index contributed by atoms with van der Waals surface area (Å²) in [5, 5.41) is 9.86. The first-order valence-corrected chi connectivity index (χ1v) is 5.84.